The van der Waals surface area contributed by atoms with E-state index < -0.39 is 6.43 Å². The van der Waals surface area contributed by atoms with Gasteiger partial charge in [-0.2, -0.15) is 5.26 Å². The number of rotatable bonds is 2. The van der Waals surface area contributed by atoms with Gasteiger partial charge in [0.2, 0.25) is 0 Å². The Hall–Kier alpha value is -1.21. The minimum absolute atomic E-state index is 0.0814. The van der Waals surface area contributed by atoms with Crippen molar-refractivity contribution in [3.05, 3.63) is 28.5 Å². The summed E-state index contributed by atoms with van der Waals surface area (Å²) >= 11 is 5.49. The summed E-state index contributed by atoms with van der Waals surface area (Å²) in [6, 6.07) is 3.07. The lowest BCUT2D eigenvalue weighted by Gasteiger charge is -2.04. The van der Waals surface area contributed by atoms with Crippen molar-refractivity contribution in [2.24, 2.45) is 0 Å². The zero-order valence-electron chi connectivity index (χ0n) is 6.47. The van der Waals surface area contributed by atoms with Gasteiger partial charge >= 0.3 is 0 Å². The minimum Gasteiger partial charge on any atom is -0.244 e. The fourth-order valence-electron chi connectivity index (χ4n) is 0.913. The van der Waals surface area contributed by atoms with Crippen molar-refractivity contribution in [3.8, 4) is 6.07 Å². The maximum Gasteiger partial charge on any atom is 0.265 e. The molecule has 0 atom stereocenters. The van der Waals surface area contributed by atoms with Gasteiger partial charge in [0.15, 0.2) is 0 Å². The van der Waals surface area contributed by atoms with E-state index in [1.165, 1.54) is 6.07 Å². The molecule has 0 fully saturated rings. The second-order valence-corrected chi connectivity index (χ2v) is 2.73. The van der Waals surface area contributed by atoms with Crippen LogP contribution >= 0.6 is 11.6 Å². The Balaban J connectivity index is 3.12. The van der Waals surface area contributed by atoms with Gasteiger partial charge in [0, 0.05) is 11.8 Å². The zero-order valence-corrected chi connectivity index (χ0v) is 7.22. The van der Waals surface area contributed by atoms with Crippen LogP contribution in [0.1, 0.15) is 17.6 Å². The molecule has 0 aromatic carbocycles. The molecule has 0 aliphatic carbocycles. The molecule has 13 heavy (non-hydrogen) atoms. The molecule has 0 amide bonds. The molecule has 1 heterocycles. The third kappa shape index (κ3) is 2.36. The fraction of sp³-hybridized carbons (Fsp3) is 0.250. The highest BCUT2D eigenvalue weighted by Gasteiger charge is 2.13. The first-order chi connectivity index (χ1) is 6.15. The van der Waals surface area contributed by atoms with Gasteiger partial charge in [-0.25, -0.2) is 13.8 Å². The molecule has 0 N–H and O–H groups in total. The van der Waals surface area contributed by atoms with Gasteiger partial charge in [-0.3, -0.25) is 0 Å². The van der Waals surface area contributed by atoms with Crippen LogP contribution in [0.15, 0.2) is 12.3 Å². The van der Waals surface area contributed by atoms with Gasteiger partial charge in [0.25, 0.3) is 6.43 Å². The van der Waals surface area contributed by atoms with E-state index >= 15 is 0 Å². The highest BCUT2D eigenvalue weighted by Crippen LogP contribution is 2.24. The lowest BCUT2D eigenvalue weighted by Crippen LogP contribution is -1.95. The molecule has 0 saturated carbocycles. The van der Waals surface area contributed by atoms with Crippen LogP contribution < -0.4 is 0 Å². The molecule has 0 unspecified atom stereocenters. The van der Waals surface area contributed by atoms with Gasteiger partial charge in [-0.05, 0) is 11.6 Å². The summed E-state index contributed by atoms with van der Waals surface area (Å²) in [5.74, 6) is 0. The summed E-state index contributed by atoms with van der Waals surface area (Å²) in [4.78, 5) is 3.52. The predicted molar refractivity (Wildman–Crippen MR) is 43.5 cm³/mol. The lowest BCUT2D eigenvalue weighted by atomic mass is 10.1. The Bertz CT molecular complexity index is 346. The molecule has 1 rings (SSSR count). The Morgan fingerprint density at radius 1 is 1.62 bits per heavy atom. The van der Waals surface area contributed by atoms with E-state index in [-0.39, 0.29) is 22.7 Å². The molecule has 0 aliphatic rings. The maximum absolute atomic E-state index is 12.3. The van der Waals surface area contributed by atoms with Gasteiger partial charge in [0.1, 0.15) is 5.15 Å². The Labute approximate surface area is 78.8 Å². The standard InChI is InChI=1S/C8H5ClF2N2/c9-7-3-5(1-2-12)6(4-13-7)8(10)11/h3-4,8H,1H2. The molecule has 0 spiro atoms. The average molecular weight is 203 g/mol. The normalized spacial score (nSPS) is 10.1. The zero-order chi connectivity index (χ0) is 9.84. The number of pyridine rings is 1. The van der Waals surface area contributed by atoms with Crippen LogP contribution in [0, 0.1) is 11.3 Å². The summed E-state index contributed by atoms with van der Waals surface area (Å²) in [5, 5.41) is 8.48. The van der Waals surface area contributed by atoms with Crippen LogP contribution in [0.3, 0.4) is 0 Å². The molecule has 68 valence electrons. The quantitative estimate of drug-likeness (QED) is 0.692. The van der Waals surface area contributed by atoms with E-state index in [1.807, 2.05) is 0 Å². The number of hydrogen-bond donors (Lipinski definition) is 0. The number of aromatic nitrogens is 1. The van der Waals surface area contributed by atoms with Crippen LogP contribution in [0.4, 0.5) is 8.78 Å². The molecule has 0 bridgehead atoms. The number of nitrogens with zero attached hydrogens (tertiary/aromatic N) is 2. The summed E-state index contributed by atoms with van der Waals surface area (Å²) in [6.07, 6.45) is -1.70. The highest BCUT2D eigenvalue weighted by molar-refractivity contribution is 6.29. The number of alkyl halides is 2. The van der Waals surface area contributed by atoms with Crippen molar-refractivity contribution >= 4 is 11.6 Å². The lowest BCUT2D eigenvalue weighted by molar-refractivity contribution is 0.150. The Morgan fingerprint density at radius 3 is 2.85 bits per heavy atom. The van der Waals surface area contributed by atoms with E-state index in [4.69, 9.17) is 16.9 Å². The number of halogens is 3. The van der Waals surface area contributed by atoms with Crippen LogP contribution in [0.25, 0.3) is 0 Å². The summed E-state index contributed by atoms with van der Waals surface area (Å²) in [5.41, 5.74) is 0.00319. The summed E-state index contributed by atoms with van der Waals surface area (Å²) in [7, 11) is 0. The number of hydrogen-bond acceptors (Lipinski definition) is 2. The average Bonchev–Trinajstić information content (AvgIpc) is 2.04. The molecule has 0 saturated heterocycles. The summed E-state index contributed by atoms with van der Waals surface area (Å²) in [6.45, 7) is 0. The van der Waals surface area contributed by atoms with Crippen molar-refractivity contribution in [3.63, 3.8) is 0 Å². The van der Waals surface area contributed by atoms with Crippen molar-refractivity contribution in [2.45, 2.75) is 12.8 Å². The van der Waals surface area contributed by atoms with Crippen molar-refractivity contribution < 1.29 is 8.78 Å². The summed E-state index contributed by atoms with van der Waals surface area (Å²) < 4.78 is 24.6. The van der Waals surface area contributed by atoms with Gasteiger partial charge in [-0.15, -0.1) is 0 Å². The smallest absolute Gasteiger partial charge is 0.244 e. The molecule has 5 heteroatoms. The predicted octanol–water partition coefficient (Wildman–Crippen LogP) is 2.74. The molecule has 0 aliphatic heterocycles. The molecule has 0 radical (unpaired) electrons. The molecule has 1 aromatic heterocycles. The van der Waals surface area contributed by atoms with Crippen molar-refractivity contribution in [1.82, 2.24) is 4.98 Å². The van der Waals surface area contributed by atoms with Crippen LogP contribution in [-0.4, -0.2) is 4.98 Å². The largest absolute Gasteiger partial charge is 0.265 e. The first kappa shape index (κ1) is 9.87. The topological polar surface area (TPSA) is 36.7 Å². The molecule has 2 nitrogen and oxygen atoms in total. The fourth-order valence-corrected chi connectivity index (χ4v) is 1.09. The van der Waals surface area contributed by atoms with Crippen LogP contribution in [-0.2, 0) is 6.42 Å². The van der Waals surface area contributed by atoms with Crippen molar-refractivity contribution in [2.75, 3.05) is 0 Å². The molecule has 1 aromatic rings. The van der Waals surface area contributed by atoms with Gasteiger partial charge in [-0.1, -0.05) is 11.6 Å². The first-order valence-electron chi connectivity index (χ1n) is 3.44. The Morgan fingerprint density at radius 2 is 2.31 bits per heavy atom. The second kappa shape index (κ2) is 4.15. The molecular formula is C8H5ClF2N2. The SMILES string of the molecule is N#CCc1cc(Cl)ncc1C(F)F. The third-order valence-corrected chi connectivity index (χ3v) is 1.70. The number of nitriles is 1. The van der Waals surface area contributed by atoms with Gasteiger partial charge < -0.3 is 0 Å². The maximum atomic E-state index is 12.3. The van der Waals surface area contributed by atoms with E-state index in [0.29, 0.717) is 0 Å². The first-order valence-corrected chi connectivity index (χ1v) is 3.82. The van der Waals surface area contributed by atoms with E-state index in [2.05, 4.69) is 4.98 Å². The van der Waals surface area contributed by atoms with E-state index in [9.17, 15) is 8.78 Å². The molecular weight excluding hydrogens is 198 g/mol. The van der Waals surface area contributed by atoms with Crippen LogP contribution in [0.5, 0.6) is 0 Å². The minimum atomic E-state index is -2.62. The van der Waals surface area contributed by atoms with Gasteiger partial charge in [0.05, 0.1) is 12.5 Å². The Kier molecular flexibility index (Phi) is 3.15. The monoisotopic (exact) mass is 202 g/mol. The highest BCUT2D eigenvalue weighted by atomic mass is 35.5. The third-order valence-electron chi connectivity index (χ3n) is 1.50. The van der Waals surface area contributed by atoms with Crippen molar-refractivity contribution in [1.29, 1.82) is 5.26 Å². The van der Waals surface area contributed by atoms with E-state index in [0.717, 1.165) is 6.20 Å². The van der Waals surface area contributed by atoms with Crippen LogP contribution in [0.2, 0.25) is 5.15 Å². The van der Waals surface area contributed by atoms with E-state index in [1.54, 1.807) is 6.07 Å². The second-order valence-electron chi connectivity index (χ2n) is 2.34.